The lowest BCUT2D eigenvalue weighted by molar-refractivity contribution is -0.126. The molecule has 1 aliphatic heterocycles. The highest BCUT2D eigenvalue weighted by molar-refractivity contribution is 5.92. The lowest BCUT2D eigenvalue weighted by Gasteiger charge is -2.34. The molecule has 3 heterocycles. The Hall–Kier alpha value is -3.81. The van der Waals surface area contributed by atoms with Gasteiger partial charge in [0.25, 0.3) is 0 Å². The second-order valence-electron chi connectivity index (χ2n) is 6.78. The van der Waals surface area contributed by atoms with Gasteiger partial charge in [-0.3, -0.25) is 4.79 Å². The summed E-state index contributed by atoms with van der Waals surface area (Å²) in [5.41, 5.74) is 0.402. The van der Waals surface area contributed by atoms with Gasteiger partial charge in [0, 0.05) is 44.0 Å². The van der Waals surface area contributed by atoms with E-state index in [1.807, 2.05) is 30.3 Å². The van der Waals surface area contributed by atoms with E-state index in [0.717, 1.165) is 5.82 Å². The van der Waals surface area contributed by atoms with Crippen molar-refractivity contribution in [2.75, 3.05) is 36.4 Å². The molecule has 0 bridgehead atoms. The van der Waals surface area contributed by atoms with E-state index in [4.69, 9.17) is 0 Å². The van der Waals surface area contributed by atoms with Crippen molar-refractivity contribution >= 4 is 29.4 Å². The molecule has 0 aliphatic carbocycles. The van der Waals surface area contributed by atoms with Gasteiger partial charge >= 0.3 is 0 Å². The molecule has 0 spiro atoms. The maximum absolute atomic E-state index is 13.7. The summed E-state index contributed by atoms with van der Waals surface area (Å²) in [7, 11) is 0. The third-order valence-electron chi connectivity index (χ3n) is 4.80. The molecule has 0 unspecified atom stereocenters. The topological polar surface area (TPSA) is 74.2 Å². The van der Waals surface area contributed by atoms with Crippen molar-refractivity contribution in [3.8, 4) is 0 Å². The zero-order chi connectivity index (χ0) is 20.8. The zero-order valence-corrected chi connectivity index (χ0v) is 16.3. The highest BCUT2D eigenvalue weighted by Crippen LogP contribution is 2.17. The molecule has 1 aliphatic rings. The van der Waals surface area contributed by atoms with Crippen molar-refractivity contribution in [1.29, 1.82) is 0 Å². The molecule has 1 saturated heterocycles. The second-order valence-corrected chi connectivity index (χ2v) is 6.78. The third kappa shape index (κ3) is 4.78. The number of anilines is 3. The van der Waals surface area contributed by atoms with Crippen LogP contribution >= 0.6 is 0 Å². The number of halogens is 1. The number of hydrogen-bond donors (Lipinski definition) is 1. The Labute approximate surface area is 173 Å². The number of aromatic nitrogens is 3. The van der Waals surface area contributed by atoms with Gasteiger partial charge in [0.2, 0.25) is 5.91 Å². The van der Waals surface area contributed by atoms with Gasteiger partial charge in [-0.1, -0.05) is 24.3 Å². The number of amides is 1. The van der Waals surface area contributed by atoms with E-state index in [1.165, 1.54) is 18.2 Å². The van der Waals surface area contributed by atoms with Crippen LogP contribution in [0.2, 0.25) is 0 Å². The van der Waals surface area contributed by atoms with Gasteiger partial charge in [-0.25, -0.2) is 9.37 Å². The number of carbonyl (C=O) groups excluding carboxylic acids is 1. The molecule has 1 aromatic carbocycles. The highest BCUT2D eigenvalue weighted by atomic mass is 19.1. The molecule has 3 aromatic rings. The van der Waals surface area contributed by atoms with Crippen molar-refractivity contribution in [3.63, 3.8) is 0 Å². The molecule has 4 rings (SSSR count). The van der Waals surface area contributed by atoms with Gasteiger partial charge in [-0.05, 0) is 36.4 Å². The highest BCUT2D eigenvalue weighted by Gasteiger charge is 2.20. The minimum atomic E-state index is -0.342. The number of rotatable bonds is 5. The lowest BCUT2D eigenvalue weighted by Crippen LogP contribution is -2.48. The standard InChI is InChI=1S/C22H21FN6O/c23-18-6-2-1-5-17(18)8-11-22(30)29-15-13-28(14-16-29)21-10-9-20(26-27-21)25-19-7-3-4-12-24-19/h1-12H,13-16H2,(H,24,25,26)/b11-8+. The zero-order valence-electron chi connectivity index (χ0n) is 16.3. The fourth-order valence-electron chi connectivity index (χ4n) is 3.16. The summed E-state index contributed by atoms with van der Waals surface area (Å²) in [6.45, 7) is 2.44. The van der Waals surface area contributed by atoms with Crippen LogP contribution < -0.4 is 10.2 Å². The van der Waals surface area contributed by atoms with E-state index in [0.29, 0.717) is 43.4 Å². The lowest BCUT2D eigenvalue weighted by atomic mass is 10.2. The first kappa shape index (κ1) is 19.5. The molecule has 1 amide bonds. The van der Waals surface area contributed by atoms with Gasteiger partial charge in [-0.15, -0.1) is 10.2 Å². The summed E-state index contributed by atoms with van der Waals surface area (Å²) in [5.74, 6) is 1.61. The fourth-order valence-corrected chi connectivity index (χ4v) is 3.16. The number of nitrogens with zero attached hydrogens (tertiary/aromatic N) is 5. The van der Waals surface area contributed by atoms with Crippen molar-refractivity contribution in [1.82, 2.24) is 20.1 Å². The number of hydrogen-bond acceptors (Lipinski definition) is 6. The monoisotopic (exact) mass is 404 g/mol. The number of carbonyl (C=O) groups is 1. The van der Waals surface area contributed by atoms with Gasteiger partial charge in [0.15, 0.2) is 11.6 Å². The van der Waals surface area contributed by atoms with Crippen LogP contribution in [-0.2, 0) is 4.79 Å². The van der Waals surface area contributed by atoms with Crippen LogP contribution in [0.15, 0.2) is 66.9 Å². The Balaban J connectivity index is 1.31. The summed E-state index contributed by atoms with van der Waals surface area (Å²) >= 11 is 0. The predicted octanol–water partition coefficient (Wildman–Crippen LogP) is 3.12. The van der Waals surface area contributed by atoms with Crippen molar-refractivity contribution < 1.29 is 9.18 Å². The Morgan fingerprint density at radius 1 is 0.933 bits per heavy atom. The van der Waals surface area contributed by atoms with Crippen LogP contribution in [0, 0.1) is 5.82 Å². The average molecular weight is 404 g/mol. The van der Waals surface area contributed by atoms with Gasteiger partial charge in [0.1, 0.15) is 11.6 Å². The first-order valence-electron chi connectivity index (χ1n) is 9.67. The van der Waals surface area contributed by atoms with E-state index in [9.17, 15) is 9.18 Å². The van der Waals surface area contributed by atoms with Crippen LogP contribution in [-0.4, -0.2) is 52.2 Å². The van der Waals surface area contributed by atoms with Crippen LogP contribution in [0.3, 0.4) is 0 Å². The Bertz CT molecular complexity index is 1020. The maximum Gasteiger partial charge on any atom is 0.246 e. The number of pyridine rings is 1. The number of piperazine rings is 1. The summed E-state index contributed by atoms with van der Waals surface area (Å²) < 4.78 is 13.7. The van der Waals surface area contributed by atoms with Crippen molar-refractivity contribution in [2.45, 2.75) is 0 Å². The van der Waals surface area contributed by atoms with E-state index in [-0.39, 0.29) is 11.7 Å². The van der Waals surface area contributed by atoms with E-state index in [1.54, 1.807) is 29.3 Å². The summed E-state index contributed by atoms with van der Waals surface area (Å²) in [6, 6.07) is 15.7. The molecule has 0 radical (unpaired) electrons. The summed E-state index contributed by atoms with van der Waals surface area (Å²) in [4.78, 5) is 20.4. The van der Waals surface area contributed by atoms with Gasteiger partial charge < -0.3 is 15.1 Å². The van der Waals surface area contributed by atoms with Crippen LogP contribution in [0.4, 0.5) is 21.8 Å². The number of benzene rings is 1. The molecular formula is C22H21FN6O. The summed E-state index contributed by atoms with van der Waals surface area (Å²) in [6.07, 6.45) is 4.64. The molecule has 30 heavy (non-hydrogen) atoms. The Morgan fingerprint density at radius 3 is 2.43 bits per heavy atom. The molecular weight excluding hydrogens is 383 g/mol. The van der Waals surface area contributed by atoms with E-state index < -0.39 is 0 Å². The molecule has 7 nitrogen and oxygen atoms in total. The second kappa shape index (κ2) is 9.13. The van der Waals surface area contributed by atoms with E-state index >= 15 is 0 Å². The molecule has 8 heteroatoms. The third-order valence-corrected chi connectivity index (χ3v) is 4.80. The van der Waals surface area contributed by atoms with Crippen LogP contribution in [0.25, 0.3) is 6.08 Å². The molecule has 2 aromatic heterocycles. The average Bonchev–Trinajstić information content (AvgIpc) is 2.80. The first-order valence-corrected chi connectivity index (χ1v) is 9.67. The molecule has 0 atom stereocenters. The smallest absolute Gasteiger partial charge is 0.246 e. The maximum atomic E-state index is 13.7. The Kier molecular flexibility index (Phi) is 5.93. The molecule has 0 saturated carbocycles. The van der Waals surface area contributed by atoms with Crippen LogP contribution in [0.1, 0.15) is 5.56 Å². The largest absolute Gasteiger partial charge is 0.352 e. The van der Waals surface area contributed by atoms with Gasteiger partial charge in [0.05, 0.1) is 0 Å². The first-order chi connectivity index (χ1) is 14.7. The Morgan fingerprint density at radius 2 is 1.73 bits per heavy atom. The molecule has 152 valence electrons. The molecule has 1 fully saturated rings. The van der Waals surface area contributed by atoms with Crippen molar-refractivity contribution in [2.24, 2.45) is 0 Å². The number of nitrogens with one attached hydrogen (secondary N) is 1. The normalized spacial score (nSPS) is 14.2. The quantitative estimate of drug-likeness (QED) is 0.659. The fraction of sp³-hybridized carbons (Fsp3) is 0.182. The van der Waals surface area contributed by atoms with Gasteiger partial charge in [-0.2, -0.15) is 0 Å². The summed E-state index contributed by atoms with van der Waals surface area (Å²) in [5, 5.41) is 11.6. The SMILES string of the molecule is O=C(/C=C/c1ccccc1F)N1CCN(c2ccc(Nc3ccccn3)nn2)CC1. The minimum Gasteiger partial charge on any atom is -0.352 e. The minimum absolute atomic E-state index is 0.126. The predicted molar refractivity (Wildman–Crippen MR) is 114 cm³/mol. The van der Waals surface area contributed by atoms with E-state index in [2.05, 4.69) is 25.4 Å². The van der Waals surface area contributed by atoms with Crippen molar-refractivity contribution in [3.05, 3.63) is 78.3 Å². The molecule has 1 N–H and O–H groups in total. The van der Waals surface area contributed by atoms with Crippen LogP contribution in [0.5, 0.6) is 0 Å².